The molecule has 0 bridgehead atoms. The van der Waals surface area contributed by atoms with E-state index in [9.17, 15) is 8.42 Å². The van der Waals surface area contributed by atoms with Crippen LogP contribution in [0.4, 0.5) is 5.69 Å². The lowest BCUT2D eigenvalue weighted by Crippen LogP contribution is -2.20. The molecule has 0 fully saturated rings. The summed E-state index contributed by atoms with van der Waals surface area (Å²) in [5.41, 5.74) is 1.08. The number of ether oxygens (including phenoxy) is 1. The van der Waals surface area contributed by atoms with Crippen LogP contribution in [0.15, 0.2) is 40.6 Å². The average Bonchev–Trinajstić information content (AvgIpc) is 3.21. The first-order chi connectivity index (χ1) is 11.0. The van der Waals surface area contributed by atoms with Crippen LogP contribution in [-0.4, -0.2) is 30.5 Å². The summed E-state index contributed by atoms with van der Waals surface area (Å²) >= 11 is 0. The normalized spacial score (nSPS) is 14.5. The summed E-state index contributed by atoms with van der Waals surface area (Å²) in [6.07, 6.45) is 5.35. The summed E-state index contributed by atoms with van der Waals surface area (Å²) in [6.45, 7) is 1.98. The highest BCUT2D eigenvalue weighted by Crippen LogP contribution is 2.29. The molecular weight excluding hydrogens is 318 g/mol. The summed E-state index contributed by atoms with van der Waals surface area (Å²) in [7, 11) is -2.69. The van der Waals surface area contributed by atoms with Gasteiger partial charge in [0.05, 0.1) is 11.4 Å². The first kappa shape index (κ1) is 15.1. The Morgan fingerprint density at radius 1 is 1.35 bits per heavy atom. The number of rotatable bonds is 6. The van der Waals surface area contributed by atoms with E-state index in [1.807, 2.05) is 6.92 Å². The van der Waals surface area contributed by atoms with E-state index in [-0.39, 0.29) is 6.61 Å². The van der Waals surface area contributed by atoms with Crippen molar-refractivity contribution in [3.63, 3.8) is 0 Å². The number of aryl methyl sites for hydroxylation is 1. The molecule has 1 aliphatic heterocycles. The van der Waals surface area contributed by atoms with Crippen LogP contribution in [-0.2, 0) is 10.9 Å². The van der Waals surface area contributed by atoms with E-state index >= 15 is 0 Å². The number of aromatic nitrogens is 2. The maximum atomic E-state index is 10.6. The Kier molecular flexibility index (Phi) is 3.75. The molecule has 118 valence electrons. The third-order valence-electron chi connectivity index (χ3n) is 3.13. The fourth-order valence-corrected chi connectivity index (χ4v) is 2.30. The van der Waals surface area contributed by atoms with Gasteiger partial charge < -0.3 is 4.74 Å². The van der Waals surface area contributed by atoms with E-state index in [0.29, 0.717) is 11.6 Å². The first-order valence-corrected chi connectivity index (χ1v) is 7.82. The zero-order valence-corrected chi connectivity index (χ0v) is 13.0. The Morgan fingerprint density at radius 3 is 2.61 bits per heavy atom. The molecule has 0 radical (unpaired) electrons. The molecule has 0 saturated carbocycles. The molecule has 0 unspecified atom stereocenters. The highest BCUT2D eigenvalue weighted by Gasteiger charge is 2.39. The zero-order chi connectivity index (χ0) is 16.4. The van der Waals surface area contributed by atoms with Crippen molar-refractivity contribution in [2.45, 2.75) is 12.6 Å². The molecule has 0 spiro atoms. The largest absolute Gasteiger partial charge is 0.472 e. The number of benzene rings is 1. The van der Waals surface area contributed by atoms with Crippen LogP contribution in [0.25, 0.3) is 5.69 Å². The van der Waals surface area contributed by atoms with Gasteiger partial charge in [-0.3, -0.25) is 4.72 Å². The van der Waals surface area contributed by atoms with Crippen molar-refractivity contribution in [3.05, 3.63) is 36.0 Å². The number of thiol groups is 1. The highest BCUT2D eigenvalue weighted by molar-refractivity contribution is 7.73. The predicted octanol–water partition coefficient (Wildman–Crippen LogP) is 1.29. The van der Waals surface area contributed by atoms with Crippen molar-refractivity contribution in [3.8, 4) is 23.9 Å². The van der Waals surface area contributed by atoms with Crippen LogP contribution < -0.4 is 9.46 Å². The molecule has 23 heavy (non-hydrogen) atoms. The van der Waals surface area contributed by atoms with Gasteiger partial charge in [-0.1, -0.05) is 0 Å². The second-order valence-corrected chi connectivity index (χ2v) is 5.64. The van der Waals surface area contributed by atoms with Gasteiger partial charge in [-0.2, -0.15) is 5.10 Å². The quantitative estimate of drug-likeness (QED) is 0.615. The monoisotopic (exact) mass is 331 g/mol. The molecule has 1 aromatic heterocycles. The topological polar surface area (TPSA) is 97.9 Å². The number of nitrogens with zero attached hydrogens (tertiary/aromatic N) is 4. The molecule has 0 atom stereocenters. The molecular formula is C14H13N5O3S. The number of terminal acetylenes is 1. The van der Waals surface area contributed by atoms with Crippen molar-refractivity contribution in [1.29, 1.82) is 0 Å². The zero-order valence-electron chi connectivity index (χ0n) is 12.1. The van der Waals surface area contributed by atoms with Gasteiger partial charge in [0.25, 0.3) is 5.66 Å². The minimum Gasteiger partial charge on any atom is -0.472 e. The van der Waals surface area contributed by atoms with Gasteiger partial charge in [-0.25, -0.2) is 13.1 Å². The van der Waals surface area contributed by atoms with Crippen molar-refractivity contribution in [2.24, 2.45) is 10.2 Å². The second kappa shape index (κ2) is 5.73. The van der Waals surface area contributed by atoms with Gasteiger partial charge in [0.2, 0.25) is 16.8 Å². The van der Waals surface area contributed by atoms with Crippen molar-refractivity contribution >= 4 is 16.6 Å². The van der Waals surface area contributed by atoms with Crippen LogP contribution in [0.2, 0.25) is 0 Å². The maximum absolute atomic E-state index is 10.6. The molecule has 2 heterocycles. The second-order valence-electron chi connectivity index (χ2n) is 4.90. The van der Waals surface area contributed by atoms with E-state index in [1.165, 1.54) is 0 Å². The highest BCUT2D eigenvalue weighted by atomic mass is 32.2. The summed E-state index contributed by atoms with van der Waals surface area (Å²) in [6, 6.07) is 8.49. The lowest BCUT2D eigenvalue weighted by Gasteiger charge is -2.10. The van der Waals surface area contributed by atoms with Gasteiger partial charge in [-0.15, -0.1) is 16.7 Å². The Hall–Kier alpha value is -2.86. The van der Waals surface area contributed by atoms with E-state index < -0.39 is 16.6 Å². The minimum atomic E-state index is -2.69. The number of hydrogen-bond acceptors (Lipinski definition) is 6. The SMILES string of the molecule is C#CC1(COc2cc(C)nn2-c2ccc(N[SH](=O)=O)cc2)N=N1. The molecule has 0 saturated heterocycles. The standard InChI is InChI=1S/C14H13N5O3S/c1-3-14(17-18-14)9-22-13-8-10(2)15-19(13)12-6-4-11(5-7-12)16-23(20)21/h1,4-8,23H,9H2,2H3,(H,16,20,21). The molecule has 3 rings (SSSR count). The number of hydrogen-bond donors (Lipinski definition) is 2. The van der Waals surface area contributed by atoms with Crippen molar-refractivity contribution < 1.29 is 13.2 Å². The molecule has 9 heteroatoms. The average molecular weight is 331 g/mol. The first-order valence-electron chi connectivity index (χ1n) is 6.64. The van der Waals surface area contributed by atoms with Crippen LogP contribution in [0.1, 0.15) is 5.69 Å². The minimum absolute atomic E-state index is 0.144. The number of anilines is 1. The molecule has 1 aromatic carbocycles. The molecule has 1 N–H and O–H groups in total. The van der Waals surface area contributed by atoms with E-state index in [1.54, 1.807) is 35.0 Å². The van der Waals surface area contributed by atoms with Crippen LogP contribution in [0.5, 0.6) is 5.88 Å². The predicted molar refractivity (Wildman–Crippen MR) is 84.2 cm³/mol. The molecule has 8 nitrogen and oxygen atoms in total. The van der Waals surface area contributed by atoms with E-state index in [2.05, 4.69) is 26.0 Å². The van der Waals surface area contributed by atoms with Crippen LogP contribution >= 0.6 is 0 Å². The summed E-state index contributed by atoms with van der Waals surface area (Å²) in [5.74, 6) is 2.97. The summed E-state index contributed by atoms with van der Waals surface area (Å²) in [5, 5.41) is 11.9. The molecule has 0 amide bonds. The fourth-order valence-electron chi connectivity index (χ4n) is 1.94. The van der Waals surface area contributed by atoms with Gasteiger partial charge in [-0.05, 0) is 37.1 Å². The summed E-state index contributed by atoms with van der Waals surface area (Å²) in [4.78, 5) is 0. The smallest absolute Gasteiger partial charge is 0.283 e. The Balaban J connectivity index is 1.81. The lowest BCUT2D eigenvalue weighted by molar-refractivity contribution is 0.275. The van der Waals surface area contributed by atoms with Crippen molar-refractivity contribution in [1.82, 2.24) is 9.78 Å². The molecule has 2 aromatic rings. The Labute approximate surface area is 134 Å². The maximum Gasteiger partial charge on any atom is 0.283 e. The third-order valence-corrected chi connectivity index (χ3v) is 3.57. The molecule has 1 aliphatic rings. The molecule has 0 aliphatic carbocycles. The lowest BCUT2D eigenvalue weighted by atomic mass is 10.3. The Morgan fingerprint density at radius 2 is 2.04 bits per heavy atom. The number of nitrogens with one attached hydrogen (secondary N) is 1. The van der Waals surface area contributed by atoms with Gasteiger partial charge in [0.1, 0.15) is 0 Å². The van der Waals surface area contributed by atoms with Crippen LogP contribution in [0.3, 0.4) is 0 Å². The summed E-state index contributed by atoms with van der Waals surface area (Å²) < 4.78 is 30.9. The van der Waals surface area contributed by atoms with E-state index in [4.69, 9.17) is 11.2 Å². The van der Waals surface area contributed by atoms with E-state index in [0.717, 1.165) is 11.4 Å². The van der Waals surface area contributed by atoms with Gasteiger partial charge in [0, 0.05) is 11.8 Å². The van der Waals surface area contributed by atoms with Gasteiger partial charge >= 0.3 is 0 Å². The van der Waals surface area contributed by atoms with Crippen LogP contribution in [0, 0.1) is 19.3 Å². The fraction of sp³-hybridized carbons (Fsp3) is 0.214. The third kappa shape index (κ3) is 3.32. The van der Waals surface area contributed by atoms with Gasteiger partial charge in [0.15, 0.2) is 6.61 Å². The Bertz CT molecular complexity index is 863. The van der Waals surface area contributed by atoms with Crippen molar-refractivity contribution in [2.75, 3.05) is 11.3 Å².